The first-order valence-corrected chi connectivity index (χ1v) is 7.20. The number of carbonyl (C=O) groups is 1. The van der Waals surface area contributed by atoms with Gasteiger partial charge in [0, 0.05) is 13.7 Å². The van der Waals surface area contributed by atoms with Gasteiger partial charge in [0.15, 0.2) is 0 Å². The fourth-order valence-electron chi connectivity index (χ4n) is 2.14. The van der Waals surface area contributed by atoms with Crippen LogP contribution in [0, 0.1) is 6.92 Å². The third-order valence-electron chi connectivity index (χ3n) is 3.34. The van der Waals surface area contributed by atoms with Crippen LogP contribution < -0.4 is 10.6 Å². The molecule has 2 amide bonds. The molecule has 2 N–H and O–H groups in total. The predicted octanol–water partition coefficient (Wildman–Crippen LogP) is 1.93. The lowest BCUT2D eigenvalue weighted by atomic mass is 10.0. The van der Waals surface area contributed by atoms with Crippen LogP contribution in [0.25, 0.3) is 0 Å². The molecule has 21 heavy (non-hydrogen) atoms. The molecule has 5 heteroatoms. The molecule has 0 fully saturated rings. The number of benzene rings is 1. The molecule has 1 aromatic carbocycles. The summed E-state index contributed by atoms with van der Waals surface area (Å²) in [5.74, 6) is 0. The van der Waals surface area contributed by atoms with Crippen molar-refractivity contribution >= 4 is 6.03 Å². The molecular weight excluding hydrogens is 266 g/mol. The number of likely N-dealkylation sites (N-methyl/N-ethyl adjacent to an activating group) is 1. The lowest BCUT2D eigenvalue weighted by Crippen LogP contribution is -2.45. The van der Waals surface area contributed by atoms with E-state index in [0.29, 0.717) is 13.2 Å². The predicted molar refractivity (Wildman–Crippen MR) is 85.5 cm³/mol. The van der Waals surface area contributed by atoms with Crippen LogP contribution in [0.4, 0.5) is 4.79 Å². The maximum absolute atomic E-state index is 11.8. The summed E-state index contributed by atoms with van der Waals surface area (Å²) in [5, 5.41) is 5.76. The summed E-state index contributed by atoms with van der Waals surface area (Å²) < 4.78 is 5.00. The molecule has 0 aliphatic heterocycles. The SMILES string of the molecule is COC[C@H](C)NC(=O)NC[C@H](c1ccc(C)cc1)N(C)C. The Morgan fingerprint density at radius 3 is 2.43 bits per heavy atom. The van der Waals surface area contributed by atoms with Gasteiger partial charge in [0.2, 0.25) is 0 Å². The van der Waals surface area contributed by atoms with Gasteiger partial charge in [0.05, 0.1) is 18.7 Å². The molecule has 118 valence electrons. The van der Waals surface area contributed by atoms with E-state index in [1.54, 1.807) is 7.11 Å². The first-order valence-electron chi connectivity index (χ1n) is 7.20. The third-order valence-corrected chi connectivity index (χ3v) is 3.34. The summed E-state index contributed by atoms with van der Waals surface area (Å²) in [6, 6.07) is 8.36. The number of rotatable bonds is 7. The van der Waals surface area contributed by atoms with Crippen LogP contribution in [0.2, 0.25) is 0 Å². The van der Waals surface area contributed by atoms with Gasteiger partial charge in [-0.15, -0.1) is 0 Å². The van der Waals surface area contributed by atoms with Gasteiger partial charge in [-0.2, -0.15) is 0 Å². The van der Waals surface area contributed by atoms with Gasteiger partial charge < -0.3 is 20.3 Å². The fraction of sp³-hybridized carbons (Fsp3) is 0.562. The molecule has 1 aromatic rings. The fourth-order valence-corrected chi connectivity index (χ4v) is 2.14. The second-order valence-corrected chi connectivity index (χ2v) is 5.60. The zero-order chi connectivity index (χ0) is 15.8. The summed E-state index contributed by atoms with van der Waals surface area (Å²) in [6.07, 6.45) is 0. The molecule has 2 atom stereocenters. The van der Waals surface area contributed by atoms with E-state index < -0.39 is 0 Å². The number of methoxy groups -OCH3 is 1. The topological polar surface area (TPSA) is 53.6 Å². The van der Waals surface area contributed by atoms with E-state index in [2.05, 4.69) is 46.7 Å². The second kappa shape index (κ2) is 8.64. The van der Waals surface area contributed by atoms with Crippen molar-refractivity contribution in [3.05, 3.63) is 35.4 Å². The smallest absolute Gasteiger partial charge is 0.315 e. The summed E-state index contributed by atoms with van der Waals surface area (Å²) in [5.41, 5.74) is 2.42. The van der Waals surface area contributed by atoms with Crippen LogP contribution in [0.3, 0.4) is 0 Å². The number of nitrogens with one attached hydrogen (secondary N) is 2. The minimum absolute atomic E-state index is 0.00724. The Labute approximate surface area is 127 Å². The maximum atomic E-state index is 11.8. The monoisotopic (exact) mass is 293 g/mol. The molecule has 5 nitrogen and oxygen atoms in total. The first kappa shape index (κ1) is 17.5. The van der Waals surface area contributed by atoms with Gasteiger partial charge in [-0.3, -0.25) is 0 Å². The first-order chi connectivity index (χ1) is 9.93. The van der Waals surface area contributed by atoms with Crippen LogP contribution in [-0.2, 0) is 4.74 Å². The van der Waals surface area contributed by atoms with Gasteiger partial charge in [0.1, 0.15) is 0 Å². The van der Waals surface area contributed by atoms with E-state index in [0.717, 1.165) is 0 Å². The van der Waals surface area contributed by atoms with Gasteiger partial charge >= 0.3 is 6.03 Å². The van der Waals surface area contributed by atoms with Crippen molar-refractivity contribution in [3.63, 3.8) is 0 Å². The molecule has 0 aromatic heterocycles. The zero-order valence-corrected chi connectivity index (χ0v) is 13.6. The highest BCUT2D eigenvalue weighted by Gasteiger charge is 2.15. The zero-order valence-electron chi connectivity index (χ0n) is 13.6. The molecule has 0 aliphatic carbocycles. The molecule has 0 radical (unpaired) electrons. The van der Waals surface area contributed by atoms with E-state index in [9.17, 15) is 4.79 Å². The van der Waals surface area contributed by atoms with Crippen molar-refractivity contribution in [1.82, 2.24) is 15.5 Å². The van der Waals surface area contributed by atoms with E-state index in [1.807, 2.05) is 21.0 Å². The molecule has 0 unspecified atom stereocenters. The molecule has 0 saturated heterocycles. The van der Waals surface area contributed by atoms with E-state index in [1.165, 1.54) is 11.1 Å². The Morgan fingerprint density at radius 1 is 1.29 bits per heavy atom. The number of aryl methyl sites for hydroxylation is 1. The average molecular weight is 293 g/mol. The number of hydrogen-bond donors (Lipinski definition) is 2. The summed E-state index contributed by atoms with van der Waals surface area (Å²) >= 11 is 0. The Bertz CT molecular complexity index is 432. The Morgan fingerprint density at radius 2 is 1.90 bits per heavy atom. The second-order valence-electron chi connectivity index (χ2n) is 5.60. The number of amides is 2. The van der Waals surface area contributed by atoms with Crippen molar-refractivity contribution in [1.29, 1.82) is 0 Å². The Hall–Kier alpha value is -1.59. The van der Waals surface area contributed by atoms with Crippen LogP contribution in [0.15, 0.2) is 24.3 Å². The molecule has 0 spiro atoms. The molecule has 1 rings (SSSR count). The highest BCUT2D eigenvalue weighted by Crippen LogP contribution is 2.17. The average Bonchev–Trinajstić information content (AvgIpc) is 2.40. The quantitative estimate of drug-likeness (QED) is 0.808. The van der Waals surface area contributed by atoms with Crippen molar-refractivity contribution in [2.45, 2.75) is 25.9 Å². The number of hydrogen-bond acceptors (Lipinski definition) is 3. The van der Waals surface area contributed by atoms with Crippen molar-refractivity contribution in [2.75, 3.05) is 34.4 Å². The Balaban J connectivity index is 2.56. The molecule has 0 bridgehead atoms. The lowest BCUT2D eigenvalue weighted by Gasteiger charge is -2.25. The molecule has 0 aliphatic rings. The normalized spacial score (nSPS) is 13.8. The van der Waals surface area contributed by atoms with Crippen molar-refractivity contribution in [2.24, 2.45) is 0 Å². The minimum atomic E-state index is -0.168. The van der Waals surface area contributed by atoms with Crippen molar-refractivity contribution in [3.8, 4) is 0 Å². The third kappa shape index (κ3) is 6.14. The number of urea groups is 1. The van der Waals surface area contributed by atoms with Gasteiger partial charge in [-0.1, -0.05) is 29.8 Å². The summed E-state index contributed by atoms with van der Waals surface area (Å²) in [7, 11) is 5.64. The summed E-state index contributed by atoms with van der Waals surface area (Å²) in [6.45, 7) is 5.04. The van der Waals surface area contributed by atoms with Gasteiger partial charge in [-0.05, 0) is 33.5 Å². The lowest BCUT2D eigenvalue weighted by molar-refractivity contribution is 0.170. The molecule has 0 saturated carbocycles. The number of carbonyl (C=O) groups excluding carboxylic acids is 1. The molecule has 0 heterocycles. The van der Waals surface area contributed by atoms with E-state index in [4.69, 9.17) is 4.74 Å². The van der Waals surface area contributed by atoms with Crippen LogP contribution in [0.1, 0.15) is 24.1 Å². The van der Waals surface area contributed by atoms with Crippen LogP contribution in [0.5, 0.6) is 0 Å². The minimum Gasteiger partial charge on any atom is -0.383 e. The number of nitrogens with zero attached hydrogens (tertiary/aromatic N) is 1. The van der Waals surface area contributed by atoms with Gasteiger partial charge in [-0.25, -0.2) is 4.79 Å². The van der Waals surface area contributed by atoms with Gasteiger partial charge in [0.25, 0.3) is 0 Å². The van der Waals surface area contributed by atoms with Crippen molar-refractivity contribution < 1.29 is 9.53 Å². The number of ether oxygens (including phenoxy) is 1. The van der Waals surface area contributed by atoms with Crippen LogP contribution in [-0.4, -0.2) is 51.3 Å². The molecular formula is C16H27N3O2. The summed E-state index contributed by atoms with van der Waals surface area (Å²) in [4.78, 5) is 13.9. The van der Waals surface area contributed by atoms with E-state index in [-0.39, 0.29) is 18.1 Å². The van der Waals surface area contributed by atoms with E-state index >= 15 is 0 Å². The highest BCUT2D eigenvalue weighted by atomic mass is 16.5. The largest absolute Gasteiger partial charge is 0.383 e. The highest BCUT2D eigenvalue weighted by molar-refractivity contribution is 5.74. The van der Waals surface area contributed by atoms with Crippen LogP contribution >= 0.6 is 0 Å². The Kier molecular flexibility index (Phi) is 7.19. The maximum Gasteiger partial charge on any atom is 0.315 e. The standard InChI is InChI=1S/C16H27N3O2/c1-12-6-8-14(9-7-12)15(19(3)4)10-17-16(20)18-13(2)11-21-5/h6-9,13,15H,10-11H2,1-5H3,(H2,17,18,20)/t13-,15+/m0/s1.